The zero-order valence-corrected chi connectivity index (χ0v) is 30.3. The maximum absolute atomic E-state index is 13.8. The maximum atomic E-state index is 13.8. The average Bonchev–Trinajstić information content (AvgIpc) is 3.74. The van der Waals surface area contributed by atoms with Crippen LogP contribution in [0.1, 0.15) is 83.2 Å². The number of hydrogen-bond donors (Lipinski definition) is 1. The highest BCUT2D eigenvalue weighted by Gasteiger charge is 2.48. The van der Waals surface area contributed by atoms with E-state index in [1.165, 1.54) is 18.4 Å². The Morgan fingerprint density at radius 3 is 2.34 bits per heavy atom. The molecule has 1 aliphatic rings. The molecule has 0 saturated carbocycles. The lowest BCUT2D eigenvalue weighted by molar-refractivity contribution is -0.143. The SMILES string of the molecule is CC[C@H](C)C([C@H](CC(=O)CCC1O[C@H](C(=O)C[C@@H](Cc2ccccc2)c2nccs2)[C@@H](OC)[C@@H]1CO)OC)N(C)C(=O)[C@@H](C)C(C)C. The normalized spacial score (nSPS) is 22.9. The van der Waals surface area contributed by atoms with Gasteiger partial charge in [0.05, 0.1) is 36.0 Å². The summed E-state index contributed by atoms with van der Waals surface area (Å²) < 4.78 is 17.9. The van der Waals surface area contributed by atoms with Crippen molar-refractivity contribution in [2.45, 2.75) is 110 Å². The highest BCUT2D eigenvalue weighted by molar-refractivity contribution is 7.09. The van der Waals surface area contributed by atoms with E-state index in [9.17, 15) is 19.5 Å². The highest BCUT2D eigenvalue weighted by atomic mass is 32.1. The van der Waals surface area contributed by atoms with Gasteiger partial charge in [0.1, 0.15) is 11.9 Å². The second kappa shape index (κ2) is 18.9. The number of aliphatic hydroxyl groups excluding tert-OH is 1. The maximum Gasteiger partial charge on any atom is 0.225 e. The van der Waals surface area contributed by atoms with E-state index in [0.29, 0.717) is 12.8 Å². The van der Waals surface area contributed by atoms with Crippen LogP contribution in [0.4, 0.5) is 0 Å². The number of rotatable bonds is 20. The van der Waals surface area contributed by atoms with Gasteiger partial charge in [-0.3, -0.25) is 14.4 Å². The fourth-order valence-corrected chi connectivity index (χ4v) is 7.51. The molecule has 1 fully saturated rings. The minimum atomic E-state index is -0.848. The van der Waals surface area contributed by atoms with Crippen molar-refractivity contribution in [2.24, 2.45) is 23.7 Å². The predicted molar refractivity (Wildman–Crippen MR) is 184 cm³/mol. The molecule has 10 heteroatoms. The van der Waals surface area contributed by atoms with Crippen LogP contribution < -0.4 is 0 Å². The summed E-state index contributed by atoms with van der Waals surface area (Å²) in [5.74, 6) is -0.440. The summed E-state index contributed by atoms with van der Waals surface area (Å²) >= 11 is 1.53. The Labute approximate surface area is 285 Å². The molecule has 9 nitrogen and oxygen atoms in total. The van der Waals surface area contributed by atoms with E-state index in [-0.39, 0.29) is 73.1 Å². The second-order valence-corrected chi connectivity index (χ2v) is 14.4. The third-order valence-corrected chi connectivity index (χ3v) is 11.1. The number of ether oxygens (including phenoxy) is 3. The molecule has 2 heterocycles. The molecule has 1 saturated heterocycles. The molecule has 0 bridgehead atoms. The van der Waals surface area contributed by atoms with Gasteiger partial charge in [-0.05, 0) is 30.2 Å². The third kappa shape index (κ3) is 10.2. The molecule has 9 atom stereocenters. The number of thiazole rings is 1. The molecule has 262 valence electrons. The van der Waals surface area contributed by atoms with Crippen LogP contribution in [0.2, 0.25) is 0 Å². The number of methoxy groups -OCH3 is 2. The van der Waals surface area contributed by atoms with E-state index in [2.05, 4.69) is 18.8 Å². The first kappa shape index (κ1) is 38.9. The number of carbonyl (C=O) groups excluding carboxylic acids is 3. The molecule has 0 spiro atoms. The Morgan fingerprint density at radius 2 is 1.79 bits per heavy atom. The van der Waals surface area contributed by atoms with Crippen LogP contribution in [0.15, 0.2) is 41.9 Å². The van der Waals surface area contributed by atoms with Gasteiger partial charge in [-0.1, -0.05) is 71.4 Å². The Kier molecular flexibility index (Phi) is 15.6. The summed E-state index contributed by atoms with van der Waals surface area (Å²) in [6, 6.07) is 9.78. The minimum absolute atomic E-state index is 0.0151. The van der Waals surface area contributed by atoms with Crippen LogP contribution in [-0.4, -0.2) is 90.8 Å². The molecule has 3 rings (SSSR count). The lowest BCUT2D eigenvalue weighted by Crippen LogP contribution is -2.51. The standard InChI is InChI=1S/C37H56N2O7S/c1-9-24(4)33(39(6)37(43)25(5)23(2)3)32(44-7)21-28(41)15-16-31-29(22-40)34(45-8)35(46-31)30(42)20-27(36-38-17-18-47-36)19-26-13-11-10-12-14-26/h10-14,17-18,23-25,27,29,31-35,40H,9,15-16,19-22H2,1-8H3/t24-,25-,27+,29+,31?,32-,33?,34-,35+/m0/s1. The van der Waals surface area contributed by atoms with Crippen LogP contribution in [0.3, 0.4) is 0 Å². The Hall–Kier alpha value is -2.50. The van der Waals surface area contributed by atoms with Crippen LogP contribution in [0.25, 0.3) is 0 Å². The molecule has 0 aliphatic carbocycles. The fraction of sp³-hybridized carbons (Fsp3) is 0.676. The monoisotopic (exact) mass is 672 g/mol. The molecular formula is C37H56N2O7S. The first-order valence-corrected chi connectivity index (χ1v) is 17.9. The van der Waals surface area contributed by atoms with Gasteiger partial charge in [-0.2, -0.15) is 0 Å². The molecular weight excluding hydrogens is 616 g/mol. The van der Waals surface area contributed by atoms with Gasteiger partial charge in [0.2, 0.25) is 5.91 Å². The molecule has 1 N–H and O–H groups in total. The molecule has 1 aromatic carbocycles. The second-order valence-electron chi connectivity index (χ2n) is 13.5. The zero-order chi connectivity index (χ0) is 34.7. The highest BCUT2D eigenvalue weighted by Crippen LogP contribution is 2.36. The van der Waals surface area contributed by atoms with Crippen molar-refractivity contribution in [2.75, 3.05) is 27.9 Å². The van der Waals surface area contributed by atoms with Crippen molar-refractivity contribution in [1.82, 2.24) is 9.88 Å². The van der Waals surface area contributed by atoms with Gasteiger partial charge in [-0.15, -0.1) is 11.3 Å². The summed E-state index contributed by atoms with van der Waals surface area (Å²) in [5.41, 5.74) is 1.12. The number of amides is 1. The summed E-state index contributed by atoms with van der Waals surface area (Å²) in [6.07, 6.45) is 1.73. The summed E-state index contributed by atoms with van der Waals surface area (Å²) in [7, 11) is 4.94. The van der Waals surface area contributed by atoms with E-state index < -0.39 is 30.3 Å². The van der Waals surface area contributed by atoms with Crippen molar-refractivity contribution < 1.29 is 33.7 Å². The van der Waals surface area contributed by atoms with Crippen LogP contribution in [0.5, 0.6) is 0 Å². The minimum Gasteiger partial charge on any atom is -0.396 e. The van der Waals surface area contributed by atoms with E-state index in [1.54, 1.807) is 18.2 Å². The van der Waals surface area contributed by atoms with E-state index in [0.717, 1.165) is 17.0 Å². The number of hydrogen-bond acceptors (Lipinski definition) is 9. The molecule has 47 heavy (non-hydrogen) atoms. The predicted octanol–water partition coefficient (Wildman–Crippen LogP) is 5.74. The van der Waals surface area contributed by atoms with Crippen LogP contribution >= 0.6 is 11.3 Å². The Bertz CT molecular complexity index is 1240. The molecule has 1 aromatic heterocycles. The van der Waals surface area contributed by atoms with E-state index in [4.69, 9.17) is 14.2 Å². The summed E-state index contributed by atoms with van der Waals surface area (Å²) in [4.78, 5) is 46.8. The quantitative estimate of drug-likeness (QED) is 0.190. The van der Waals surface area contributed by atoms with Gasteiger partial charge >= 0.3 is 0 Å². The third-order valence-electron chi connectivity index (χ3n) is 10.1. The largest absolute Gasteiger partial charge is 0.396 e. The van der Waals surface area contributed by atoms with Gasteiger partial charge < -0.3 is 24.2 Å². The first-order valence-electron chi connectivity index (χ1n) is 17.0. The Morgan fingerprint density at radius 1 is 1.09 bits per heavy atom. The topological polar surface area (TPSA) is 115 Å². The van der Waals surface area contributed by atoms with Crippen molar-refractivity contribution in [3.63, 3.8) is 0 Å². The number of likely N-dealkylation sites (N-methyl/N-ethyl adjacent to an activating group) is 1. The van der Waals surface area contributed by atoms with Crippen LogP contribution in [-0.2, 0) is 35.0 Å². The average molecular weight is 673 g/mol. The number of carbonyl (C=O) groups is 3. The lowest BCUT2D eigenvalue weighted by Gasteiger charge is -2.39. The van der Waals surface area contributed by atoms with Crippen molar-refractivity contribution >= 4 is 28.8 Å². The van der Waals surface area contributed by atoms with Crippen molar-refractivity contribution in [3.8, 4) is 0 Å². The van der Waals surface area contributed by atoms with Gasteiger partial charge in [0.15, 0.2) is 5.78 Å². The van der Waals surface area contributed by atoms with Gasteiger partial charge in [0, 0.05) is 69.9 Å². The number of nitrogens with zero attached hydrogens (tertiary/aromatic N) is 2. The van der Waals surface area contributed by atoms with Crippen LogP contribution in [0, 0.1) is 23.7 Å². The Balaban J connectivity index is 1.68. The van der Waals surface area contributed by atoms with E-state index in [1.807, 2.05) is 63.5 Å². The first-order chi connectivity index (χ1) is 22.5. The number of Topliss-reactive ketones (excluding diaryl/α,β-unsaturated/α-hetero) is 2. The number of aromatic nitrogens is 1. The van der Waals surface area contributed by atoms with Crippen molar-refractivity contribution in [3.05, 3.63) is 52.5 Å². The number of benzene rings is 1. The summed E-state index contributed by atoms with van der Waals surface area (Å²) in [6.45, 7) is 9.95. The smallest absolute Gasteiger partial charge is 0.225 e. The van der Waals surface area contributed by atoms with E-state index >= 15 is 0 Å². The zero-order valence-electron chi connectivity index (χ0n) is 29.5. The number of aliphatic hydroxyl groups is 1. The molecule has 2 unspecified atom stereocenters. The molecule has 1 amide bonds. The fourth-order valence-electron chi connectivity index (χ4n) is 6.77. The summed E-state index contributed by atoms with van der Waals surface area (Å²) in [5, 5.41) is 13.2. The molecule has 2 aromatic rings. The van der Waals surface area contributed by atoms with Gasteiger partial charge in [-0.25, -0.2) is 4.98 Å². The van der Waals surface area contributed by atoms with Crippen molar-refractivity contribution in [1.29, 1.82) is 0 Å². The molecule has 1 aliphatic heterocycles. The number of ketones is 2. The molecule has 0 radical (unpaired) electrons. The van der Waals surface area contributed by atoms with Gasteiger partial charge in [0.25, 0.3) is 0 Å². The lowest BCUT2D eigenvalue weighted by atomic mass is 9.87.